The van der Waals surface area contributed by atoms with Gasteiger partial charge in [-0.3, -0.25) is 4.48 Å². The van der Waals surface area contributed by atoms with Crippen LogP contribution < -0.4 is 5.73 Å². The Morgan fingerprint density at radius 2 is 1.32 bits per heavy atom. The molecule has 3 heteroatoms. The molecular weight excluding hydrogens is 272 g/mol. The second-order valence-corrected chi connectivity index (χ2v) is 6.84. The minimum absolute atomic E-state index is 0.146. The molecule has 0 saturated carbocycles. The van der Waals surface area contributed by atoms with E-state index in [1.54, 1.807) is 0 Å². The second kappa shape index (κ2) is 10.6. The van der Waals surface area contributed by atoms with Gasteiger partial charge in [0.25, 0.3) is 0 Å². The van der Waals surface area contributed by atoms with Crippen LogP contribution in [0.4, 0.5) is 0 Å². The molecule has 2 atom stereocenters. The summed E-state index contributed by atoms with van der Waals surface area (Å²) < 4.78 is 7.84. The topological polar surface area (TPSA) is 35.2 Å². The number of nitrogens with zero attached hydrogens (tertiary/aromatic N) is 1. The summed E-state index contributed by atoms with van der Waals surface area (Å²) in [5, 5.41) is 0. The van der Waals surface area contributed by atoms with E-state index < -0.39 is 0 Å². The first-order valence-electron chi connectivity index (χ1n) is 9.70. The lowest BCUT2D eigenvalue weighted by atomic mass is 9.83. The Morgan fingerprint density at radius 1 is 0.864 bits per heavy atom. The second-order valence-electron chi connectivity index (χ2n) is 6.84. The van der Waals surface area contributed by atoms with Crippen molar-refractivity contribution in [1.82, 2.24) is 0 Å². The first kappa shape index (κ1) is 21.9. The predicted molar refractivity (Wildman–Crippen MR) is 97.9 cm³/mol. The minimum atomic E-state index is -0.151. The van der Waals surface area contributed by atoms with Crippen LogP contribution in [0.2, 0.25) is 0 Å². The first-order chi connectivity index (χ1) is 10.4. The summed E-state index contributed by atoms with van der Waals surface area (Å²) >= 11 is 0. The van der Waals surface area contributed by atoms with Crippen LogP contribution in [-0.4, -0.2) is 42.0 Å². The van der Waals surface area contributed by atoms with E-state index in [-0.39, 0.29) is 17.9 Å². The van der Waals surface area contributed by atoms with Crippen LogP contribution in [0, 0.1) is 0 Å². The van der Waals surface area contributed by atoms with E-state index in [2.05, 4.69) is 48.5 Å². The molecule has 0 spiro atoms. The molecule has 0 amide bonds. The maximum atomic E-state index is 6.82. The normalized spacial score (nSPS) is 15.8. The average Bonchev–Trinajstić information content (AvgIpc) is 2.50. The quantitative estimate of drug-likeness (QED) is 0.395. The lowest BCUT2D eigenvalue weighted by Gasteiger charge is -2.47. The van der Waals surface area contributed by atoms with Crippen LogP contribution in [0.25, 0.3) is 0 Å². The summed E-state index contributed by atoms with van der Waals surface area (Å²) in [6, 6.07) is 0.146. The van der Waals surface area contributed by atoms with Gasteiger partial charge in [-0.15, -0.1) is 0 Å². The largest absolute Gasteiger partial charge is 0.325 e. The third-order valence-corrected chi connectivity index (χ3v) is 5.69. The Morgan fingerprint density at radius 3 is 1.64 bits per heavy atom. The zero-order chi connectivity index (χ0) is 17.2. The van der Waals surface area contributed by atoms with E-state index >= 15 is 0 Å². The van der Waals surface area contributed by atoms with Crippen molar-refractivity contribution < 1.29 is 9.22 Å². The van der Waals surface area contributed by atoms with Gasteiger partial charge in [-0.05, 0) is 40.0 Å². The molecule has 3 nitrogen and oxygen atoms in total. The number of nitrogens with two attached hydrogens (primary N) is 1. The summed E-state index contributed by atoms with van der Waals surface area (Å²) in [6.45, 7) is 19.2. The molecule has 0 rings (SSSR count). The first-order valence-corrected chi connectivity index (χ1v) is 9.70. The highest BCUT2D eigenvalue weighted by atomic mass is 16.5. The van der Waals surface area contributed by atoms with Gasteiger partial charge in [-0.1, -0.05) is 40.0 Å². The van der Waals surface area contributed by atoms with E-state index in [1.165, 1.54) is 0 Å². The number of ether oxygens (including phenoxy) is 1. The Kier molecular flexibility index (Phi) is 10.6. The highest BCUT2D eigenvalue weighted by molar-refractivity contribution is 4.91. The Labute approximate surface area is 140 Å². The van der Waals surface area contributed by atoms with Crippen LogP contribution in [0.5, 0.6) is 0 Å². The van der Waals surface area contributed by atoms with Gasteiger partial charge >= 0.3 is 0 Å². The molecule has 22 heavy (non-hydrogen) atoms. The van der Waals surface area contributed by atoms with E-state index in [0.717, 1.165) is 62.6 Å². The molecule has 0 aromatic rings. The molecule has 2 N–H and O–H groups in total. The summed E-state index contributed by atoms with van der Waals surface area (Å²) in [5.41, 5.74) is 6.47. The number of rotatable bonds is 13. The lowest BCUT2D eigenvalue weighted by molar-refractivity contribution is -0.967. The predicted octanol–water partition coefficient (Wildman–Crippen LogP) is 4.69. The van der Waals surface area contributed by atoms with Gasteiger partial charge in [-0.25, -0.2) is 0 Å². The van der Waals surface area contributed by atoms with Gasteiger partial charge in [0, 0.05) is 13.0 Å². The smallest absolute Gasteiger partial charge is 0.191 e. The van der Waals surface area contributed by atoms with Crippen molar-refractivity contribution >= 4 is 0 Å². The zero-order valence-electron chi connectivity index (χ0n) is 16.5. The zero-order valence-corrected chi connectivity index (χ0v) is 16.5. The molecule has 0 saturated heterocycles. The molecular formula is C19H43N2O+. The standard InChI is InChI=1S/C19H43N2O/c1-8-14-18(20)19(15-9-2,16-10-3)22-17(7)21(11-4,12-5)13-6/h17-18H,8-16,20H2,1-7H3/q+1. The molecule has 0 fully saturated rings. The molecule has 0 aromatic heterocycles. The van der Waals surface area contributed by atoms with Crippen molar-refractivity contribution in [2.75, 3.05) is 19.6 Å². The van der Waals surface area contributed by atoms with Crippen molar-refractivity contribution in [1.29, 1.82) is 0 Å². The molecule has 0 aliphatic carbocycles. The molecule has 0 aliphatic rings. The highest BCUT2D eigenvalue weighted by Crippen LogP contribution is 2.33. The van der Waals surface area contributed by atoms with Gasteiger partial charge in [0.2, 0.25) is 0 Å². The maximum Gasteiger partial charge on any atom is 0.191 e. The molecule has 2 unspecified atom stereocenters. The molecule has 0 aromatic carbocycles. The highest BCUT2D eigenvalue weighted by Gasteiger charge is 2.42. The van der Waals surface area contributed by atoms with Crippen molar-refractivity contribution in [2.45, 2.75) is 105 Å². The summed E-state index contributed by atoms with van der Waals surface area (Å²) in [4.78, 5) is 0. The number of hydrogen-bond acceptors (Lipinski definition) is 2. The Hall–Kier alpha value is -0.120. The summed E-state index contributed by atoms with van der Waals surface area (Å²) in [6.07, 6.45) is 6.80. The van der Waals surface area contributed by atoms with Crippen LogP contribution in [-0.2, 0) is 4.74 Å². The number of quaternary nitrogens is 1. The third-order valence-electron chi connectivity index (χ3n) is 5.69. The van der Waals surface area contributed by atoms with E-state index in [0.29, 0.717) is 0 Å². The minimum Gasteiger partial charge on any atom is -0.325 e. The molecule has 0 aliphatic heterocycles. The Bertz CT molecular complexity index is 262. The van der Waals surface area contributed by atoms with Gasteiger partial charge in [0.05, 0.1) is 25.2 Å². The van der Waals surface area contributed by atoms with Crippen LogP contribution in [0.3, 0.4) is 0 Å². The van der Waals surface area contributed by atoms with Gasteiger partial charge in [0.1, 0.15) is 0 Å². The Balaban J connectivity index is 5.40. The van der Waals surface area contributed by atoms with E-state index in [4.69, 9.17) is 10.5 Å². The van der Waals surface area contributed by atoms with Gasteiger partial charge in [0.15, 0.2) is 6.23 Å². The van der Waals surface area contributed by atoms with Crippen LogP contribution in [0.15, 0.2) is 0 Å². The van der Waals surface area contributed by atoms with Crippen molar-refractivity contribution in [3.05, 3.63) is 0 Å². The SMILES string of the molecule is CCCC(N)C(CCC)(CCC)OC(C)[N+](CC)(CC)CC. The van der Waals surface area contributed by atoms with E-state index in [1.807, 2.05) is 0 Å². The number of hydrogen-bond donors (Lipinski definition) is 1. The van der Waals surface area contributed by atoms with Crippen molar-refractivity contribution in [3.8, 4) is 0 Å². The van der Waals surface area contributed by atoms with Crippen LogP contribution in [0.1, 0.15) is 87.0 Å². The molecule has 0 heterocycles. The molecule has 0 bridgehead atoms. The summed E-state index contributed by atoms with van der Waals surface area (Å²) in [7, 11) is 0. The lowest BCUT2D eigenvalue weighted by Crippen LogP contribution is -2.60. The maximum absolute atomic E-state index is 6.82. The van der Waals surface area contributed by atoms with Crippen LogP contribution >= 0.6 is 0 Å². The van der Waals surface area contributed by atoms with Crippen molar-refractivity contribution in [2.24, 2.45) is 5.73 Å². The fourth-order valence-corrected chi connectivity index (χ4v) is 4.02. The fraction of sp³-hybridized carbons (Fsp3) is 1.00. The average molecular weight is 316 g/mol. The summed E-state index contributed by atoms with van der Waals surface area (Å²) in [5.74, 6) is 0. The molecule has 0 radical (unpaired) electrons. The third kappa shape index (κ3) is 5.21. The fourth-order valence-electron chi connectivity index (χ4n) is 4.02. The monoisotopic (exact) mass is 315 g/mol. The van der Waals surface area contributed by atoms with Crippen molar-refractivity contribution in [3.63, 3.8) is 0 Å². The molecule has 134 valence electrons. The van der Waals surface area contributed by atoms with E-state index in [9.17, 15) is 0 Å². The van der Waals surface area contributed by atoms with Gasteiger partial charge < -0.3 is 10.5 Å². The van der Waals surface area contributed by atoms with Gasteiger partial charge in [-0.2, -0.15) is 0 Å².